The number of nitrogens with zero attached hydrogens (tertiary/aromatic N) is 1. The summed E-state index contributed by atoms with van der Waals surface area (Å²) in [6, 6.07) is 14.6. The Morgan fingerprint density at radius 3 is 2.88 bits per heavy atom. The van der Waals surface area contributed by atoms with Gasteiger partial charge in [0.2, 0.25) is 0 Å². The molecule has 4 nitrogen and oxygen atoms in total. The molecule has 126 valence electrons. The fraction of sp³-hybridized carbons (Fsp3) is 0.250. The van der Waals surface area contributed by atoms with Gasteiger partial charge < -0.3 is 15.5 Å². The van der Waals surface area contributed by atoms with Crippen molar-refractivity contribution in [3.05, 3.63) is 64.0 Å². The van der Waals surface area contributed by atoms with Gasteiger partial charge in [-0.2, -0.15) is 0 Å². The lowest BCUT2D eigenvalue weighted by Gasteiger charge is -2.28. The number of amides is 1. The Morgan fingerprint density at radius 1 is 1.12 bits per heavy atom. The maximum atomic E-state index is 12.9. The van der Waals surface area contributed by atoms with E-state index in [9.17, 15) is 4.79 Å². The Balaban J connectivity index is 1.58. The van der Waals surface area contributed by atoms with Crippen molar-refractivity contribution < 1.29 is 4.79 Å². The maximum absolute atomic E-state index is 12.9. The summed E-state index contributed by atoms with van der Waals surface area (Å²) in [6.07, 6.45) is 0.759. The van der Waals surface area contributed by atoms with Gasteiger partial charge in [-0.25, -0.2) is 0 Å². The molecule has 0 aliphatic carbocycles. The van der Waals surface area contributed by atoms with Crippen LogP contribution < -0.4 is 10.6 Å². The summed E-state index contributed by atoms with van der Waals surface area (Å²) < 4.78 is 0. The van der Waals surface area contributed by atoms with Gasteiger partial charge >= 0.3 is 0 Å². The molecule has 0 spiro atoms. The van der Waals surface area contributed by atoms with Crippen molar-refractivity contribution in [2.75, 3.05) is 18.9 Å². The lowest BCUT2D eigenvalue weighted by molar-refractivity contribution is 0.0935. The van der Waals surface area contributed by atoms with E-state index in [-0.39, 0.29) is 12.1 Å². The van der Waals surface area contributed by atoms with Gasteiger partial charge in [-0.3, -0.25) is 4.79 Å². The molecule has 1 amide bonds. The lowest BCUT2D eigenvalue weighted by Crippen LogP contribution is -2.38. The zero-order valence-corrected chi connectivity index (χ0v) is 14.8. The number of anilines is 1. The van der Waals surface area contributed by atoms with Crippen molar-refractivity contribution in [3.63, 3.8) is 0 Å². The second-order valence-electron chi connectivity index (χ2n) is 6.81. The Kier molecular flexibility index (Phi) is 3.33. The molecular weight excluding hydrogens is 330 g/mol. The van der Waals surface area contributed by atoms with Crippen LogP contribution in [0.1, 0.15) is 32.5 Å². The maximum Gasteiger partial charge on any atom is 0.256 e. The summed E-state index contributed by atoms with van der Waals surface area (Å²) in [6.45, 7) is 1.94. The van der Waals surface area contributed by atoms with Crippen LogP contribution in [0.25, 0.3) is 10.8 Å². The summed E-state index contributed by atoms with van der Waals surface area (Å²) in [5.74, 6) is 0.0498. The summed E-state index contributed by atoms with van der Waals surface area (Å²) in [4.78, 5) is 16.5. The molecule has 5 heteroatoms. The van der Waals surface area contributed by atoms with Crippen LogP contribution in [0.2, 0.25) is 0 Å². The lowest BCUT2D eigenvalue weighted by atomic mass is 9.98. The highest BCUT2D eigenvalue weighted by Crippen LogP contribution is 2.41. The first kappa shape index (κ1) is 14.9. The Labute approximate surface area is 150 Å². The number of benzene rings is 2. The van der Waals surface area contributed by atoms with Gasteiger partial charge in [-0.05, 0) is 29.8 Å². The average molecular weight is 349 g/mol. The van der Waals surface area contributed by atoms with Gasteiger partial charge in [0.1, 0.15) is 11.2 Å². The van der Waals surface area contributed by atoms with Gasteiger partial charge in [0.15, 0.2) is 0 Å². The quantitative estimate of drug-likeness (QED) is 0.703. The first-order valence-electron chi connectivity index (χ1n) is 8.59. The Hall–Kier alpha value is -2.37. The Morgan fingerprint density at radius 2 is 1.96 bits per heavy atom. The highest BCUT2D eigenvalue weighted by Gasteiger charge is 2.33. The van der Waals surface area contributed by atoms with E-state index in [1.807, 2.05) is 12.1 Å². The molecule has 1 aromatic heterocycles. The molecule has 2 N–H and O–H groups in total. The summed E-state index contributed by atoms with van der Waals surface area (Å²) >= 11 is 1.74. The highest BCUT2D eigenvalue weighted by molar-refractivity contribution is 7.16. The van der Waals surface area contributed by atoms with E-state index in [0.717, 1.165) is 35.6 Å². The molecule has 2 aromatic carbocycles. The topological polar surface area (TPSA) is 44.4 Å². The van der Waals surface area contributed by atoms with Crippen molar-refractivity contribution in [3.8, 4) is 0 Å². The van der Waals surface area contributed by atoms with E-state index >= 15 is 0 Å². The van der Waals surface area contributed by atoms with E-state index < -0.39 is 0 Å². The van der Waals surface area contributed by atoms with E-state index in [1.54, 1.807) is 11.3 Å². The van der Waals surface area contributed by atoms with Crippen molar-refractivity contribution in [2.45, 2.75) is 19.1 Å². The SMILES string of the molecule is CN1CCc2c(sc3c2C(=O)NC(c2cccc4ccccc24)N3)C1. The van der Waals surface area contributed by atoms with E-state index in [4.69, 9.17) is 0 Å². The fourth-order valence-corrected chi connectivity index (χ4v) is 5.25. The number of hydrogen-bond donors (Lipinski definition) is 2. The third-order valence-corrected chi connectivity index (χ3v) is 6.31. The van der Waals surface area contributed by atoms with Crippen LogP contribution in [0.15, 0.2) is 42.5 Å². The molecule has 5 rings (SSSR count). The normalized spacial score (nSPS) is 19.9. The molecular formula is C20H19N3OS. The van der Waals surface area contributed by atoms with Crippen molar-refractivity contribution >= 4 is 33.0 Å². The molecule has 2 aliphatic rings. The average Bonchev–Trinajstić information content (AvgIpc) is 2.99. The summed E-state index contributed by atoms with van der Waals surface area (Å²) in [7, 11) is 2.13. The second kappa shape index (κ2) is 5.58. The first-order valence-corrected chi connectivity index (χ1v) is 9.40. The van der Waals surface area contributed by atoms with Gasteiger partial charge in [-0.15, -0.1) is 11.3 Å². The molecule has 0 saturated heterocycles. The first-order chi connectivity index (χ1) is 12.2. The zero-order valence-electron chi connectivity index (χ0n) is 14.0. The fourth-order valence-electron chi connectivity index (χ4n) is 3.90. The minimum absolute atomic E-state index is 0.0498. The predicted molar refractivity (Wildman–Crippen MR) is 102 cm³/mol. The van der Waals surface area contributed by atoms with Crippen LogP contribution in [-0.2, 0) is 13.0 Å². The third-order valence-electron chi connectivity index (χ3n) is 5.16. The number of rotatable bonds is 1. The van der Waals surface area contributed by atoms with E-state index in [0.29, 0.717) is 0 Å². The molecule has 0 saturated carbocycles. The standard InChI is InChI=1S/C20H19N3OS/c1-23-10-9-15-16(11-23)25-20-17(15)19(24)21-18(22-20)14-8-4-6-12-5-2-3-7-13(12)14/h2-8,18,22H,9-11H2,1H3,(H,21,24). The molecule has 3 aromatic rings. The van der Waals surface area contributed by atoms with E-state index in [2.05, 4.69) is 52.9 Å². The van der Waals surface area contributed by atoms with Crippen LogP contribution in [0.4, 0.5) is 5.00 Å². The van der Waals surface area contributed by atoms with Crippen molar-refractivity contribution in [1.29, 1.82) is 0 Å². The monoisotopic (exact) mass is 349 g/mol. The molecule has 0 bridgehead atoms. The van der Waals surface area contributed by atoms with Gasteiger partial charge in [0.05, 0.1) is 5.56 Å². The minimum Gasteiger partial charge on any atom is -0.353 e. The minimum atomic E-state index is -0.191. The Bertz CT molecular complexity index is 989. The molecule has 0 radical (unpaired) electrons. The summed E-state index contributed by atoms with van der Waals surface area (Å²) in [5, 5.41) is 10.1. The van der Waals surface area contributed by atoms with Gasteiger partial charge in [0.25, 0.3) is 5.91 Å². The number of likely N-dealkylation sites (N-methyl/N-ethyl adjacent to an activating group) is 1. The predicted octanol–water partition coefficient (Wildman–Crippen LogP) is 3.74. The molecule has 0 fully saturated rings. The third kappa shape index (κ3) is 2.34. The highest BCUT2D eigenvalue weighted by atomic mass is 32.1. The number of carbonyl (C=O) groups excluding carboxylic acids is 1. The summed E-state index contributed by atoms with van der Waals surface area (Å²) in [5.41, 5.74) is 3.21. The molecule has 25 heavy (non-hydrogen) atoms. The zero-order chi connectivity index (χ0) is 17.0. The molecule has 2 aliphatic heterocycles. The van der Waals surface area contributed by atoms with Crippen LogP contribution in [-0.4, -0.2) is 24.4 Å². The van der Waals surface area contributed by atoms with Crippen LogP contribution in [0, 0.1) is 0 Å². The molecule has 1 atom stereocenters. The van der Waals surface area contributed by atoms with Crippen LogP contribution >= 0.6 is 11.3 Å². The van der Waals surface area contributed by atoms with E-state index in [1.165, 1.54) is 21.2 Å². The second-order valence-corrected chi connectivity index (χ2v) is 7.92. The number of fused-ring (bicyclic) bond motifs is 4. The largest absolute Gasteiger partial charge is 0.353 e. The molecule has 3 heterocycles. The van der Waals surface area contributed by atoms with Gasteiger partial charge in [0, 0.05) is 23.5 Å². The van der Waals surface area contributed by atoms with Crippen LogP contribution in [0.3, 0.4) is 0 Å². The van der Waals surface area contributed by atoms with Crippen LogP contribution in [0.5, 0.6) is 0 Å². The number of hydrogen-bond acceptors (Lipinski definition) is 4. The smallest absolute Gasteiger partial charge is 0.256 e. The van der Waals surface area contributed by atoms with Crippen molar-refractivity contribution in [1.82, 2.24) is 10.2 Å². The van der Waals surface area contributed by atoms with Gasteiger partial charge in [-0.1, -0.05) is 42.5 Å². The number of thiophene rings is 1. The van der Waals surface area contributed by atoms with Crippen molar-refractivity contribution in [2.24, 2.45) is 0 Å². The number of nitrogens with one attached hydrogen (secondary N) is 2. The molecule has 1 unspecified atom stereocenters. The number of carbonyl (C=O) groups is 1.